The van der Waals surface area contributed by atoms with Crippen molar-refractivity contribution in [3.05, 3.63) is 23.7 Å². The summed E-state index contributed by atoms with van der Waals surface area (Å²) in [5, 5.41) is 6.79. The van der Waals surface area contributed by atoms with E-state index in [0.717, 1.165) is 31.8 Å². The first-order valence-electron chi connectivity index (χ1n) is 5.77. The molecule has 0 amide bonds. The maximum atomic E-state index is 5.37. The number of furan rings is 1. The van der Waals surface area contributed by atoms with Crippen molar-refractivity contribution in [1.29, 1.82) is 0 Å². The Balaban J connectivity index is 2.30. The number of rotatable bonds is 7. The van der Waals surface area contributed by atoms with E-state index in [2.05, 4.69) is 31.4 Å². The summed E-state index contributed by atoms with van der Waals surface area (Å²) < 4.78 is 5.37. The molecule has 15 heavy (non-hydrogen) atoms. The first-order chi connectivity index (χ1) is 7.27. The van der Waals surface area contributed by atoms with Crippen LogP contribution in [-0.2, 0) is 13.0 Å². The normalized spacial score (nSPS) is 13.0. The molecule has 3 heteroatoms. The van der Waals surface area contributed by atoms with Crippen molar-refractivity contribution < 1.29 is 4.42 Å². The van der Waals surface area contributed by atoms with E-state index in [0.29, 0.717) is 6.04 Å². The maximum absolute atomic E-state index is 5.37. The van der Waals surface area contributed by atoms with Gasteiger partial charge in [-0.05, 0) is 19.5 Å². The van der Waals surface area contributed by atoms with Gasteiger partial charge in [-0.25, -0.2) is 0 Å². The minimum atomic E-state index is 0.490. The predicted molar refractivity (Wildman–Crippen MR) is 62.9 cm³/mol. The van der Waals surface area contributed by atoms with E-state index in [-0.39, 0.29) is 0 Å². The number of hydrogen-bond acceptors (Lipinski definition) is 3. The molecule has 0 saturated carbocycles. The van der Waals surface area contributed by atoms with Gasteiger partial charge in [-0.2, -0.15) is 0 Å². The largest absolute Gasteiger partial charge is 0.469 e. The summed E-state index contributed by atoms with van der Waals surface area (Å²) >= 11 is 0. The molecule has 0 aliphatic rings. The van der Waals surface area contributed by atoms with Gasteiger partial charge in [0, 0.05) is 31.1 Å². The Morgan fingerprint density at radius 2 is 2.20 bits per heavy atom. The average molecular weight is 210 g/mol. The molecule has 0 aromatic carbocycles. The molecule has 0 saturated heterocycles. The Hall–Kier alpha value is -0.800. The Morgan fingerprint density at radius 1 is 1.40 bits per heavy atom. The Labute approximate surface area is 92.2 Å². The Morgan fingerprint density at radius 3 is 2.87 bits per heavy atom. The molecule has 2 N–H and O–H groups in total. The molecule has 86 valence electrons. The van der Waals surface area contributed by atoms with Crippen LogP contribution >= 0.6 is 0 Å². The third-order valence-corrected chi connectivity index (χ3v) is 2.50. The molecular formula is C12H22N2O. The molecule has 3 nitrogen and oxygen atoms in total. The van der Waals surface area contributed by atoms with Crippen molar-refractivity contribution in [3.8, 4) is 0 Å². The van der Waals surface area contributed by atoms with Crippen LogP contribution in [0.3, 0.4) is 0 Å². The van der Waals surface area contributed by atoms with Crippen LogP contribution in [0.15, 0.2) is 16.7 Å². The molecule has 0 aliphatic heterocycles. The van der Waals surface area contributed by atoms with Crippen LogP contribution in [0.25, 0.3) is 0 Å². The molecule has 0 bridgehead atoms. The van der Waals surface area contributed by atoms with Crippen molar-refractivity contribution in [2.45, 2.75) is 39.8 Å². The van der Waals surface area contributed by atoms with Crippen molar-refractivity contribution in [1.82, 2.24) is 10.6 Å². The van der Waals surface area contributed by atoms with E-state index in [9.17, 15) is 0 Å². The van der Waals surface area contributed by atoms with Gasteiger partial charge in [0.2, 0.25) is 0 Å². The van der Waals surface area contributed by atoms with Crippen molar-refractivity contribution in [2.75, 3.05) is 13.1 Å². The van der Waals surface area contributed by atoms with Crippen LogP contribution in [0, 0.1) is 0 Å². The lowest BCUT2D eigenvalue weighted by Crippen LogP contribution is -2.35. The van der Waals surface area contributed by atoms with Gasteiger partial charge in [-0.15, -0.1) is 0 Å². The zero-order chi connectivity index (χ0) is 11.1. The number of hydrogen-bond donors (Lipinski definition) is 2. The van der Waals surface area contributed by atoms with Gasteiger partial charge < -0.3 is 15.1 Å². The highest BCUT2D eigenvalue weighted by Crippen LogP contribution is 2.10. The second-order valence-corrected chi connectivity index (χ2v) is 3.81. The molecule has 1 heterocycles. The highest BCUT2D eigenvalue weighted by molar-refractivity contribution is 5.16. The van der Waals surface area contributed by atoms with E-state index in [1.807, 2.05) is 6.07 Å². The monoisotopic (exact) mass is 210 g/mol. The molecule has 0 radical (unpaired) electrons. The second kappa shape index (κ2) is 6.64. The number of aryl methyl sites for hydroxylation is 1. The number of nitrogens with one attached hydrogen (secondary N) is 2. The molecule has 0 aliphatic carbocycles. The summed E-state index contributed by atoms with van der Waals surface area (Å²) in [7, 11) is 0. The fourth-order valence-electron chi connectivity index (χ4n) is 1.55. The van der Waals surface area contributed by atoms with Crippen LogP contribution in [0.2, 0.25) is 0 Å². The Bertz CT molecular complexity index is 270. The average Bonchev–Trinajstić information content (AvgIpc) is 2.70. The lowest BCUT2D eigenvalue weighted by molar-refractivity contribution is 0.488. The molecule has 1 aromatic rings. The van der Waals surface area contributed by atoms with Crippen LogP contribution in [0.5, 0.6) is 0 Å². The van der Waals surface area contributed by atoms with E-state index >= 15 is 0 Å². The van der Waals surface area contributed by atoms with Crippen LogP contribution < -0.4 is 10.6 Å². The summed E-state index contributed by atoms with van der Waals surface area (Å²) in [5.74, 6) is 1.10. The van der Waals surface area contributed by atoms with Crippen molar-refractivity contribution >= 4 is 0 Å². The SMILES string of the molecule is CCNCC(C)NCc1ccoc1CC. The summed E-state index contributed by atoms with van der Waals surface area (Å²) in [4.78, 5) is 0. The maximum Gasteiger partial charge on any atom is 0.107 e. The van der Waals surface area contributed by atoms with E-state index in [1.165, 1.54) is 5.56 Å². The number of likely N-dealkylation sites (N-methyl/N-ethyl adjacent to an activating group) is 1. The lowest BCUT2D eigenvalue weighted by atomic mass is 10.2. The van der Waals surface area contributed by atoms with Crippen LogP contribution in [-0.4, -0.2) is 19.1 Å². The quantitative estimate of drug-likeness (QED) is 0.722. The summed E-state index contributed by atoms with van der Waals surface area (Å²) in [6.07, 6.45) is 2.73. The molecule has 1 atom stereocenters. The van der Waals surface area contributed by atoms with Gasteiger partial charge in [-0.3, -0.25) is 0 Å². The van der Waals surface area contributed by atoms with Crippen molar-refractivity contribution in [3.63, 3.8) is 0 Å². The highest BCUT2D eigenvalue weighted by atomic mass is 16.3. The highest BCUT2D eigenvalue weighted by Gasteiger charge is 2.05. The van der Waals surface area contributed by atoms with Gasteiger partial charge in [0.1, 0.15) is 5.76 Å². The van der Waals surface area contributed by atoms with Gasteiger partial charge >= 0.3 is 0 Å². The van der Waals surface area contributed by atoms with Gasteiger partial charge in [0.15, 0.2) is 0 Å². The van der Waals surface area contributed by atoms with E-state index < -0.39 is 0 Å². The lowest BCUT2D eigenvalue weighted by Gasteiger charge is -2.13. The Kier molecular flexibility index (Phi) is 5.43. The van der Waals surface area contributed by atoms with Gasteiger partial charge in [-0.1, -0.05) is 13.8 Å². The third-order valence-electron chi connectivity index (χ3n) is 2.50. The molecule has 0 fully saturated rings. The van der Waals surface area contributed by atoms with Gasteiger partial charge in [0.25, 0.3) is 0 Å². The first-order valence-corrected chi connectivity index (χ1v) is 5.77. The topological polar surface area (TPSA) is 37.2 Å². The van der Waals surface area contributed by atoms with Crippen molar-refractivity contribution in [2.24, 2.45) is 0 Å². The second-order valence-electron chi connectivity index (χ2n) is 3.81. The van der Waals surface area contributed by atoms with E-state index in [4.69, 9.17) is 4.42 Å². The molecule has 1 aromatic heterocycles. The smallest absolute Gasteiger partial charge is 0.107 e. The standard InChI is InChI=1S/C12H22N2O/c1-4-12-11(6-7-15-12)9-14-10(3)8-13-5-2/h6-7,10,13-14H,4-5,8-9H2,1-3H3. The molecule has 1 rings (SSSR count). The zero-order valence-corrected chi connectivity index (χ0v) is 9.97. The fourth-order valence-corrected chi connectivity index (χ4v) is 1.55. The van der Waals surface area contributed by atoms with Crippen LogP contribution in [0.1, 0.15) is 32.1 Å². The van der Waals surface area contributed by atoms with E-state index in [1.54, 1.807) is 6.26 Å². The minimum Gasteiger partial charge on any atom is -0.469 e. The first kappa shape index (κ1) is 12.3. The molecular weight excluding hydrogens is 188 g/mol. The fraction of sp³-hybridized carbons (Fsp3) is 0.667. The van der Waals surface area contributed by atoms with Gasteiger partial charge in [0.05, 0.1) is 6.26 Å². The summed E-state index contributed by atoms with van der Waals surface area (Å²) in [5.41, 5.74) is 1.28. The zero-order valence-electron chi connectivity index (χ0n) is 9.97. The predicted octanol–water partition coefficient (Wildman–Crippen LogP) is 1.93. The van der Waals surface area contributed by atoms with Crippen LogP contribution in [0.4, 0.5) is 0 Å². The molecule has 0 spiro atoms. The minimum absolute atomic E-state index is 0.490. The third kappa shape index (κ3) is 4.06. The summed E-state index contributed by atoms with van der Waals surface area (Å²) in [6, 6.07) is 2.54. The molecule has 1 unspecified atom stereocenters. The summed E-state index contributed by atoms with van der Waals surface area (Å²) in [6.45, 7) is 9.36.